The zero-order chi connectivity index (χ0) is 16.0. The molecular weight excluding hydrogens is 272 g/mol. The highest BCUT2D eigenvalue weighted by atomic mass is 16.3. The van der Waals surface area contributed by atoms with Crippen LogP contribution < -0.4 is 0 Å². The van der Waals surface area contributed by atoms with Crippen molar-refractivity contribution in [3.63, 3.8) is 0 Å². The Morgan fingerprint density at radius 3 is 2.32 bits per heavy atom. The van der Waals surface area contributed by atoms with Crippen molar-refractivity contribution in [1.29, 1.82) is 0 Å². The van der Waals surface area contributed by atoms with Crippen LogP contribution in [0.15, 0.2) is 0 Å². The van der Waals surface area contributed by atoms with Crippen LogP contribution in [-0.4, -0.2) is 21.9 Å². The van der Waals surface area contributed by atoms with Gasteiger partial charge in [0.15, 0.2) is 0 Å². The van der Waals surface area contributed by atoms with Crippen LogP contribution in [0.1, 0.15) is 79.1 Å². The number of hydrogen-bond donors (Lipinski definition) is 2. The predicted octanol–water partition coefficient (Wildman–Crippen LogP) is 4.14. The summed E-state index contributed by atoms with van der Waals surface area (Å²) in [6, 6.07) is 0. The molecule has 4 rings (SSSR count). The molecule has 0 heterocycles. The molecule has 0 saturated heterocycles. The SMILES string of the molecule is CC1(C)CC(O)C[C@]2(C)[C@@H]1CC[C@@]13CC(CC[C@H]12)[C@](C)(O)C3. The fourth-order valence-electron chi connectivity index (χ4n) is 8.29. The first-order chi connectivity index (χ1) is 10.1. The van der Waals surface area contributed by atoms with E-state index in [1.54, 1.807) is 0 Å². The highest BCUT2D eigenvalue weighted by Crippen LogP contribution is 2.72. The number of rotatable bonds is 0. The lowest BCUT2D eigenvalue weighted by atomic mass is 9.41. The Morgan fingerprint density at radius 1 is 0.864 bits per heavy atom. The first-order valence-corrected chi connectivity index (χ1v) is 9.50. The summed E-state index contributed by atoms with van der Waals surface area (Å²) in [7, 11) is 0. The molecule has 2 N–H and O–H groups in total. The van der Waals surface area contributed by atoms with Gasteiger partial charge in [0, 0.05) is 0 Å². The maximum Gasteiger partial charge on any atom is 0.0653 e. The van der Waals surface area contributed by atoms with E-state index >= 15 is 0 Å². The molecule has 4 fully saturated rings. The topological polar surface area (TPSA) is 40.5 Å². The summed E-state index contributed by atoms with van der Waals surface area (Å²) in [4.78, 5) is 0. The highest BCUT2D eigenvalue weighted by molar-refractivity contribution is 5.16. The molecule has 22 heavy (non-hydrogen) atoms. The van der Waals surface area contributed by atoms with Crippen molar-refractivity contribution in [3.05, 3.63) is 0 Å². The van der Waals surface area contributed by atoms with E-state index in [0.717, 1.165) is 25.2 Å². The van der Waals surface area contributed by atoms with E-state index in [1.807, 2.05) is 0 Å². The van der Waals surface area contributed by atoms with E-state index in [2.05, 4.69) is 27.7 Å². The fraction of sp³-hybridized carbons (Fsp3) is 1.00. The zero-order valence-electron chi connectivity index (χ0n) is 14.9. The van der Waals surface area contributed by atoms with Gasteiger partial charge in [-0.1, -0.05) is 20.8 Å². The summed E-state index contributed by atoms with van der Waals surface area (Å²) in [6.45, 7) is 9.34. The van der Waals surface area contributed by atoms with Gasteiger partial charge in [-0.2, -0.15) is 0 Å². The molecule has 126 valence electrons. The third kappa shape index (κ3) is 1.86. The second-order valence-electron chi connectivity index (χ2n) is 10.6. The Labute approximate surface area is 135 Å². The van der Waals surface area contributed by atoms with Crippen molar-refractivity contribution >= 4 is 0 Å². The second-order valence-corrected chi connectivity index (χ2v) is 10.6. The normalized spacial score (nSPS) is 59.7. The smallest absolute Gasteiger partial charge is 0.0653 e. The summed E-state index contributed by atoms with van der Waals surface area (Å²) in [5.41, 5.74) is 0.447. The molecule has 7 atom stereocenters. The van der Waals surface area contributed by atoms with Crippen molar-refractivity contribution in [3.8, 4) is 0 Å². The molecule has 0 aliphatic heterocycles. The molecule has 4 aliphatic carbocycles. The Bertz CT molecular complexity index is 482. The van der Waals surface area contributed by atoms with Crippen LogP contribution in [0.4, 0.5) is 0 Å². The van der Waals surface area contributed by atoms with E-state index in [0.29, 0.717) is 17.3 Å². The first-order valence-electron chi connectivity index (χ1n) is 9.50. The van der Waals surface area contributed by atoms with Crippen LogP contribution in [0.2, 0.25) is 0 Å². The number of fused-ring (bicyclic) bond motifs is 3. The van der Waals surface area contributed by atoms with Gasteiger partial charge in [0.1, 0.15) is 0 Å². The third-order valence-corrected chi connectivity index (χ3v) is 8.69. The first kappa shape index (κ1) is 15.4. The minimum absolute atomic E-state index is 0.133. The summed E-state index contributed by atoms with van der Waals surface area (Å²) in [6.07, 6.45) is 9.14. The molecule has 0 radical (unpaired) electrons. The zero-order valence-corrected chi connectivity index (χ0v) is 14.9. The number of hydrogen-bond acceptors (Lipinski definition) is 2. The molecule has 4 aliphatic rings. The minimum atomic E-state index is -0.444. The van der Waals surface area contributed by atoms with Crippen LogP contribution in [0, 0.1) is 34.0 Å². The van der Waals surface area contributed by atoms with Crippen LogP contribution in [0.5, 0.6) is 0 Å². The van der Waals surface area contributed by atoms with E-state index in [-0.39, 0.29) is 16.9 Å². The summed E-state index contributed by atoms with van der Waals surface area (Å²) in [5, 5.41) is 21.4. The maximum atomic E-state index is 10.9. The number of aliphatic hydroxyl groups is 2. The van der Waals surface area contributed by atoms with Crippen LogP contribution in [-0.2, 0) is 0 Å². The van der Waals surface area contributed by atoms with Gasteiger partial charge in [-0.05, 0) is 92.3 Å². The lowest BCUT2D eigenvalue weighted by Gasteiger charge is -2.64. The Balaban J connectivity index is 1.74. The Kier molecular flexibility index (Phi) is 3.02. The van der Waals surface area contributed by atoms with E-state index in [1.165, 1.54) is 32.1 Å². The van der Waals surface area contributed by atoms with Crippen molar-refractivity contribution < 1.29 is 10.2 Å². The standard InChI is InChI=1S/C20H34O2/c1-17(2)10-14(21)11-18(3)15(17)7-8-20-9-13(5-6-16(18)20)19(4,22)12-20/h13-16,21-22H,5-12H2,1-4H3/t13?,14?,15-,16+,18-,19-,20+/m1/s1. The summed E-state index contributed by atoms with van der Waals surface area (Å²) < 4.78 is 0. The molecular formula is C20H34O2. The Morgan fingerprint density at radius 2 is 1.59 bits per heavy atom. The minimum Gasteiger partial charge on any atom is -0.393 e. The molecule has 0 aromatic heterocycles. The average molecular weight is 306 g/mol. The molecule has 2 unspecified atom stereocenters. The number of aliphatic hydroxyl groups excluding tert-OH is 1. The van der Waals surface area contributed by atoms with Crippen molar-refractivity contribution in [2.45, 2.75) is 90.8 Å². The monoisotopic (exact) mass is 306 g/mol. The summed E-state index contributed by atoms with van der Waals surface area (Å²) >= 11 is 0. The van der Waals surface area contributed by atoms with Crippen molar-refractivity contribution in [1.82, 2.24) is 0 Å². The molecule has 4 saturated carbocycles. The van der Waals surface area contributed by atoms with Crippen LogP contribution in [0.3, 0.4) is 0 Å². The molecule has 1 spiro atoms. The lowest BCUT2D eigenvalue weighted by molar-refractivity contribution is -0.171. The van der Waals surface area contributed by atoms with Gasteiger partial charge in [-0.3, -0.25) is 0 Å². The van der Waals surface area contributed by atoms with Gasteiger partial charge >= 0.3 is 0 Å². The average Bonchev–Trinajstić information content (AvgIpc) is 2.52. The van der Waals surface area contributed by atoms with E-state index < -0.39 is 5.60 Å². The van der Waals surface area contributed by atoms with Gasteiger partial charge in [0.05, 0.1) is 11.7 Å². The molecule has 2 nitrogen and oxygen atoms in total. The van der Waals surface area contributed by atoms with Crippen molar-refractivity contribution in [2.24, 2.45) is 34.0 Å². The molecule has 0 amide bonds. The highest BCUT2D eigenvalue weighted by Gasteiger charge is 2.66. The third-order valence-electron chi connectivity index (χ3n) is 8.69. The predicted molar refractivity (Wildman–Crippen MR) is 88.4 cm³/mol. The molecule has 0 aromatic rings. The lowest BCUT2D eigenvalue weighted by Crippen LogP contribution is -2.58. The summed E-state index contributed by atoms with van der Waals surface area (Å²) in [5.74, 6) is 1.96. The van der Waals surface area contributed by atoms with Gasteiger partial charge < -0.3 is 10.2 Å². The van der Waals surface area contributed by atoms with Crippen molar-refractivity contribution in [2.75, 3.05) is 0 Å². The fourth-order valence-corrected chi connectivity index (χ4v) is 8.29. The largest absolute Gasteiger partial charge is 0.393 e. The molecule has 2 heteroatoms. The van der Waals surface area contributed by atoms with Gasteiger partial charge in [0.2, 0.25) is 0 Å². The van der Waals surface area contributed by atoms with E-state index in [9.17, 15) is 10.2 Å². The quantitative estimate of drug-likeness (QED) is 0.706. The molecule has 0 aromatic carbocycles. The van der Waals surface area contributed by atoms with Gasteiger partial charge in [-0.15, -0.1) is 0 Å². The second kappa shape index (κ2) is 4.30. The van der Waals surface area contributed by atoms with Gasteiger partial charge in [-0.25, -0.2) is 0 Å². The molecule has 2 bridgehead atoms. The maximum absolute atomic E-state index is 10.9. The van der Waals surface area contributed by atoms with Crippen LogP contribution >= 0.6 is 0 Å². The van der Waals surface area contributed by atoms with Gasteiger partial charge in [0.25, 0.3) is 0 Å². The Hall–Kier alpha value is -0.0800. The van der Waals surface area contributed by atoms with Crippen LogP contribution in [0.25, 0.3) is 0 Å². The van der Waals surface area contributed by atoms with E-state index in [4.69, 9.17) is 0 Å².